The van der Waals surface area contributed by atoms with Crippen LogP contribution in [-0.4, -0.2) is 38.8 Å². The molecule has 0 atom stereocenters. The lowest BCUT2D eigenvalue weighted by molar-refractivity contribution is 0.0951. The molecule has 0 bridgehead atoms. The van der Waals surface area contributed by atoms with E-state index in [0.717, 1.165) is 6.26 Å². The molecule has 0 saturated carbocycles. The molecular formula is C18H20Cl2N2O4S. The molecule has 0 heterocycles. The number of nitrogens with one attached hydrogen (secondary N) is 1. The lowest BCUT2D eigenvalue weighted by Gasteiger charge is -2.23. The molecule has 0 aliphatic heterocycles. The molecular weight excluding hydrogens is 411 g/mol. The first-order valence-electron chi connectivity index (χ1n) is 8.13. The van der Waals surface area contributed by atoms with Gasteiger partial charge in [0.15, 0.2) is 0 Å². The quantitative estimate of drug-likeness (QED) is 0.629. The molecule has 2 aromatic carbocycles. The summed E-state index contributed by atoms with van der Waals surface area (Å²) in [5, 5.41) is 12.1. The number of benzene rings is 2. The van der Waals surface area contributed by atoms with Crippen molar-refractivity contribution in [3.8, 4) is 0 Å². The number of halogens is 2. The zero-order chi connectivity index (χ0) is 20.0. The molecule has 0 aliphatic carbocycles. The van der Waals surface area contributed by atoms with Gasteiger partial charge in [-0.1, -0.05) is 35.3 Å². The fraction of sp³-hybridized carbons (Fsp3) is 0.278. The van der Waals surface area contributed by atoms with Crippen LogP contribution in [0.1, 0.15) is 22.3 Å². The van der Waals surface area contributed by atoms with E-state index in [1.807, 2.05) is 0 Å². The number of sulfonamides is 1. The van der Waals surface area contributed by atoms with Gasteiger partial charge in [0.25, 0.3) is 5.91 Å². The van der Waals surface area contributed by atoms with E-state index in [1.165, 1.54) is 4.31 Å². The van der Waals surface area contributed by atoms with E-state index in [-0.39, 0.29) is 19.1 Å². The predicted octanol–water partition coefficient (Wildman–Crippen LogP) is 3.07. The molecule has 2 rings (SSSR count). The molecule has 6 nitrogen and oxygen atoms in total. The third-order valence-electron chi connectivity index (χ3n) is 3.78. The van der Waals surface area contributed by atoms with Gasteiger partial charge in [0.05, 0.1) is 28.5 Å². The smallest absolute Gasteiger partial charge is 0.251 e. The predicted molar refractivity (Wildman–Crippen MR) is 108 cm³/mol. The molecule has 0 unspecified atom stereocenters. The van der Waals surface area contributed by atoms with E-state index < -0.39 is 10.0 Å². The van der Waals surface area contributed by atoms with Crippen LogP contribution in [0.15, 0.2) is 42.5 Å². The van der Waals surface area contributed by atoms with Crippen molar-refractivity contribution in [1.82, 2.24) is 5.32 Å². The summed E-state index contributed by atoms with van der Waals surface area (Å²) >= 11 is 12.2. The lowest BCUT2D eigenvalue weighted by atomic mass is 10.1. The zero-order valence-electron chi connectivity index (χ0n) is 14.7. The number of carbonyl (C=O) groups excluding carboxylic acids is 1. The lowest BCUT2D eigenvalue weighted by Crippen LogP contribution is -2.29. The summed E-state index contributed by atoms with van der Waals surface area (Å²) in [4.78, 5) is 12.0. The summed E-state index contributed by atoms with van der Waals surface area (Å²) in [5.74, 6) is -0.293. The van der Waals surface area contributed by atoms with Crippen molar-refractivity contribution >= 4 is 44.8 Å². The fourth-order valence-corrected chi connectivity index (χ4v) is 3.65. The number of hydrogen-bond donors (Lipinski definition) is 2. The zero-order valence-corrected chi connectivity index (χ0v) is 17.0. The normalized spacial score (nSPS) is 11.3. The number of carbonyl (C=O) groups is 1. The van der Waals surface area contributed by atoms with Crippen LogP contribution in [0.4, 0.5) is 5.69 Å². The molecule has 0 spiro atoms. The molecule has 0 fully saturated rings. The molecule has 2 aromatic rings. The van der Waals surface area contributed by atoms with Crippen LogP contribution >= 0.6 is 23.2 Å². The summed E-state index contributed by atoms with van der Waals surface area (Å²) in [5.41, 5.74) is 1.37. The van der Waals surface area contributed by atoms with Gasteiger partial charge in [-0.15, -0.1) is 0 Å². The van der Waals surface area contributed by atoms with Crippen LogP contribution in [0.3, 0.4) is 0 Å². The SMILES string of the molecule is CS(=O)(=O)N(Cc1cccc(Cl)c1Cl)c1ccc(C(=O)NCCCO)cc1. The first-order valence-corrected chi connectivity index (χ1v) is 10.7. The van der Waals surface area contributed by atoms with Crippen molar-refractivity contribution in [1.29, 1.82) is 0 Å². The third kappa shape index (κ3) is 5.84. The second-order valence-electron chi connectivity index (χ2n) is 5.86. The topological polar surface area (TPSA) is 86.7 Å². The minimum absolute atomic E-state index is 0.00536. The van der Waals surface area contributed by atoms with Crippen molar-refractivity contribution in [2.75, 3.05) is 23.7 Å². The molecule has 2 N–H and O–H groups in total. The van der Waals surface area contributed by atoms with Gasteiger partial charge in [-0.2, -0.15) is 0 Å². The summed E-state index contributed by atoms with van der Waals surface area (Å²) in [6.45, 7) is 0.370. The van der Waals surface area contributed by atoms with Crippen LogP contribution in [0.25, 0.3) is 0 Å². The van der Waals surface area contributed by atoms with Gasteiger partial charge in [0.2, 0.25) is 10.0 Å². The maximum absolute atomic E-state index is 12.3. The molecule has 0 aromatic heterocycles. The fourth-order valence-electron chi connectivity index (χ4n) is 2.39. The summed E-state index contributed by atoms with van der Waals surface area (Å²) in [6.07, 6.45) is 1.56. The molecule has 0 aliphatic rings. The number of hydrogen-bond acceptors (Lipinski definition) is 4. The minimum Gasteiger partial charge on any atom is -0.396 e. The highest BCUT2D eigenvalue weighted by molar-refractivity contribution is 7.92. The summed E-state index contributed by atoms with van der Waals surface area (Å²) in [6, 6.07) is 11.2. The number of amides is 1. The van der Waals surface area contributed by atoms with E-state index >= 15 is 0 Å². The maximum Gasteiger partial charge on any atom is 0.251 e. The summed E-state index contributed by atoms with van der Waals surface area (Å²) < 4.78 is 25.7. The first kappa shape index (κ1) is 21.5. The van der Waals surface area contributed by atoms with Gasteiger partial charge in [-0.25, -0.2) is 8.42 Å². The molecule has 9 heteroatoms. The average Bonchev–Trinajstić information content (AvgIpc) is 2.62. The van der Waals surface area contributed by atoms with E-state index in [9.17, 15) is 13.2 Å². The maximum atomic E-state index is 12.3. The second kappa shape index (κ2) is 9.41. The largest absolute Gasteiger partial charge is 0.396 e. The van der Waals surface area contributed by atoms with Crippen LogP contribution in [0.2, 0.25) is 10.0 Å². The van der Waals surface area contributed by atoms with Crippen LogP contribution in [0.5, 0.6) is 0 Å². The van der Waals surface area contributed by atoms with E-state index in [4.69, 9.17) is 28.3 Å². The Morgan fingerprint density at radius 2 is 1.81 bits per heavy atom. The average molecular weight is 431 g/mol. The molecule has 146 valence electrons. The first-order chi connectivity index (χ1) is 12.7. The second-order valence-corrected chi connectivity index (χ2v) is 8.55. The van der Waals surface area contributed by atoms with Gasteiger partial charge < -0.3 is 10.4 Å². The molecule has 0 saturated heterocycles. The number of aliphatic hydroxyl groups excluding tert-OH is 1. The minimum atomic E-state index is -3.59. The molecule has 1 amide bonds. The van der Waals surface area contributed by atoms with E-state index in [2.05, 4.69) is 5.32 Å². The highest BCUT2D eigenvalue weighted by Gasteiger charge is 2.20. The van der Waals surface area contributed by atoms with Gasteiger partial charge >= 0.3 is 0 Å². The van der Waals surface area contributed by atoms with Crippen molar-refractivity contribution < 1.29 is 18.3 Å². The Kier molecular flexibility index (Phi) is 7.49. The Morgan fingerprint density at radius 1 is 1.15 bits per heavy atom. The van der Waals surface area contributed by atoms with Gasteiger partial charge in [-0.05, 0) is 42.3 Å². The molecule has 0 radical (unpaired) electrons. The Labute approximate surface area is 168 Å². The number of rotatable bonds is 8. The van der Waals surface area contributed by atoms with Crippen molar-refractivity contribution in [2.24, 2.45) is 0 Å². The Hall–Kier alpha value is -1.80. The van der Waals surface area contributed by atoms with Crippen LogP contribution in [0, 0.1) is 0 Å². The number of nitrogens with zero attached hydrogens (tertiary/aromatic N) is 1. The van der Waals surface area contributed by atoms with Gasteiger partial charge in [0.1, 0.15) is 0 Å². The monoisotopic (exact) mass is 430 g/mol. The van der Waals surface area contributed by atoms with E-state index in [1.54, 1.807) is 42.5 Å². The van der Waals surface area contributed by atoms with Crippen molar-refractivity contribution in [3.63, 3.8) is 0 Å². The van der Waals surface area contributed by atoms with Gasteiger partial charge in [0, 0.05) is 18.7 Å². The summed E-state index contributed by atoms with van der Waals surface area (Å²) in [7, 11) is -3.59. The van der Waals surface area contributed by atoms with Crippen LogP contribution in [-0.2, 0) is 16.6 Å². The third-order valence-corrected chi connectivity index (χ3v) is 5.78. The number of anilines is 1. The number of aliphatic hydroxyl groups is 1. The molecule has 27 heavy (non-hydrogen) atoms. The van der Waals surface area contributed by atoms with Crippen LogP contribution < -0.4 is 9.62 Å². The Morgan fingerprint density at radius 3 is 2.41 bits per heavy atom. The van der Waals surface area contributed by atoms with Crippen molar-refractivity contribution in [3.05, 3.63) is 63.6 Å². The highest BCUT2D eigenvalue weighted by Crippen LogP contribution is 2.29. The Balaban J connectivity index is 2.25. The highest BCUT2D eigenvalue weighted by atomic mass is 35.5. The van der Waals surface area contributed by atoms with E-state index in [0.29, 0.717) is 39.8 Å². The van der Waals surface area contributed by atoms with Gasteiger partial charge in [-0.3, -0.25) is 9.10 Å². The Bertz CT molecular complexity index is 902. The van der Waals surface area contributed by atoms with Crippen molar-refractivity contribution in [2.45, 2.75) is 13.0 Å². The standard InChI is InChI=1S/C18H20Cl2N2O4S/c1-27(25,26)22(12-14-4-2-5-16(19)17(14)20)15-8-6-13(7-9-15)18(24)21-10-3-11-23/h2,4-9,23H,3,10-12H2,1H3,(H,21,24).